The Morgan fingerprint density at radius 1 is 1.20 bits per heavy atom. The normalized spacial score (nSPS) is 16.0. The summed E-state index contributed by atoms with van der Waals surface area (Å²) in [5, 5.41) is 12.9. The largest absolute Gasteiger partial charge is 0.477 e. The zero-order chi connectivity index (χ0) is 17.2. The highest BCUT2D eigenvalue weighted by Crippen LogP contribution is 2.28. The molecule has 3 N–H and O–H groups in total. The van der Waals surface area contributed by atoms with Crippen molar-refractivity contribution in [1.82, 2.24) is 19.9 Å². The number of hydrogen-bond donors (Lipinski definition) is 3. The van der Waals surface area contributed by atoms with E-state index in [1.807, 2.05) is 48.8 Å². The molecule has 6 nitrogen and oxygen atoms in total. The number of fused-ring (bicyclic) bond motifs is 1. The van der Waals surface area contributed by atoms with Gasteiger partial charge in [-0.3, -0.25) is 0 Å². The van der Waals surface area contributed by atoms with Crippen molar-refractivity contribution in [3.05, 3.63) is 53.5 Å². The first-order chi connectivity index (χ1) is 12.2. The van der Waals surface area contributed by atoms with Crippen LogP contribution >= 0.6 is 0 Å². The number of nitrogens with one attached hydrogen (secondary N) is 2. The van der Waals surface area contributed by atoms with Gasteiger partial charge in [-0.15, -0.1) is 0 Å². The van der Waals surface area contributed by atoms with E-state index in [-0.39, 0.29) is 5.69 Å². The van der Waals surface area contributed by atoms with Crippen LogP contribution in [0.4, 0.5) is 0 Å². The van der Waals surface area contributed by atoms with Gasteiger partial charge in [0.25, 0.3) is 0 Å². The Morgan fingerprint density at radius 3 is 2.68 bits per heavy atom. The SMILES string of the molecule is O=C(O)c1[nH]c2c(ncn2C2CCNCC2)c1/C=C/c1ccccc1. The Bertz CT molecular complexity index is 918. The monoisotopic (exact) mass is 336 g/mol. The van der Waals surface area contributed by atoms with Crippen molar-refractivity contribution in [2.24, 2.45) is 0 Å². The highest BCUT2D eigenvalue weighted by molar-refractivity contribution is 6.01. The van der Waals surface area contributed by atoms with Crippen molar-refractivity contribution < 1.29 is 9.90 Å². The predicted octanol–water partition coefficient (Wildman–Crippen LogP) is 3.16. The van der Waals surface area contributed by atoms with Gasteiger partial charge in [0.05, 0.1) is 6.33 Å². The number of carbonyl (C=O) groups is 1. The summed E-state index contributed by atoms with van der Waals surface area (Å²) in [7, 11) is 0. The van der Waals surface area contributed by atoms with Crippen LogP contribution in [0, 0.1) is 0 Å². The lowest BCUT2D eigenvalue weighted by Gasteiger charge is -2.23. The number of aromatic nitrogens is 3. The summed E-state index contributed by atoms with van der Waals surface area (Å²) in [5.41, 5.74) is 3.33. The van der Waals surface area contributed by atoms with Gasteiger partial charge < -0.3 is 20.0 Å². The third-order valence-corrected chi connectivity index (χ3v) is 4.72. The molecule has 128 valence electrons. The number of aromatic amines is 1. The van der Waals surface area contributed by atoms with E-state index in [9.17, 15) is 9.90 Å². The molecule has 0 unspecified atom stereocenters. The number of carboxylic acids is 1. The topological polar surface area (TPSA) is 82.9 Å². The maximum absolute atomic E-state index is 11.7. The first-order valence-electron chi connectivity index (χ1n) is 8.49. The van der Waals surface area contributed by atoms with Crippen LogP contribution in [0.15, 0.2) is 36.7 Å². The van der Waals surface area contributed by atoms with Gasteiger partial charge in [-0.25, -0.2) is 9.78 Å². The van der Waals surface area contributed by atoms with Crippen LogP contribution < -0.4 is 5.32 Å². The average molecular weight is 336 g/mol. The molecule has 2 aromatic heterocycles. The van der Waals surface area contributed by atoms with E-state index < -0.39 is 5.97 Å². The van der Waals surface area contributed by atoms with E-state index in [1.165, 1.54) is 0 Å². The molecule has 25 heavy (non-hydrogen) atoms. The Labute approximate surface area is 145 Å². The first-order valence-corrected chi connectivity index (χ1v) is 8.49. The summed E-state index contributed by atoms with van der Waals surface area (Å²) < 4.78 is 2.09. The molecule has 6 heteroatoms. The van der Waals surface area contributed by atoms with Gasteiger partial charge in [-0.05, 0) is 37.6 Å². The molecule has 1 fully saturated rings. The maximum Gasteiger partial charge on any atom is 0.353 e. The molecular formula is C19H20N4O2. The van der Waals surface area contributed by atoms with Crippen LogP contribution in [0.1, 0.15) is 40.5 Å². The second-order valence-corrected chi connectivity index (χ2v) is 6.29. The number of benzene rings is 1. The Hall–Kier alpha value is -2.86. The number of hydrogen-bond acceptors (Lipinski definition) is 3. The van der Waals surface area contributed by atoms with Crippen molar-refractivity contribution in [3.8, 4) is 0 Å². The van der Waals surface area contributed by atoms with Crippen molar-refractivity contribution in [2.45, 2.75) is 18.9 Å². The molecule has 3 heterocycles. The molecule has 1 aliphatic heterocycles. The van der Waals surface area contributed by atoms with E-state index in [2.05, 4.69) is 19.9 Å². The number of imidazole rings is 1. The minimum absolute atomic E-state index is 0.188. The van der Waals surface area contributed by atoms with Gasteiger partial charge in [-0.1, -0.05) is 36.4 Å². The minimum Gasteiger partial charge on any atom is -0.477 e. The minimum atomic E-state index is -0.970. The molecule has 0 atom stereocenters. The van der Waals surface area contributed by atoms with Crippen LogP contribution in [-0.2, 0) is 0 Å². The van der Waals surface area contributed by atoms with Crippen molar-refractivity contribution in [2.75, 3.05) is 13.1 Å². The Balaban J connectivity index is 1.77. The number of aromatic carboxylic acids is 1. The molecular weight excluding hydrogens is 316 g/mol. The molecule has 0 saturated carbocycles. The summed E-state index contributed by atoms with van der Waals surface area (Å²) in [4.78, 5) is 19.3. The number of piperidine rings is 1. The third-order valence-electron chi connectivity index (χ3n) is 4.72. The van der Waals surface area contributed by atoms with Crippen LogP contribution in [0.5, 0.6) is 0 Å². The van der Waals surface area contributed by atoms with Gasteiger partial charge in [0, 0.05) is 11.6 Å². The van der Waals surface area contributed by atoms with E-state index in [0.717, 1.165) is 37.1 Å². The lowest BCUT2D eigenvalue weighted by atomic mass is 10.1. The quantitative estimate of drug-likeness (QED) is 0.683. The van der Waals surface area contributed by atoms with Gasteiger partial charge >= 0.3 is 5.97 Å². The van der Waals surface area contributed by atoms with Gasteiger partial charge in [0.1, 0.15) is 16.9 Å². The van der Waals surface area contributed by atoms with Crippen LogP contribution in [0.25, 0.3) is 23.3 Å². The number of nitrogens with zero attached hydrogens (tertiary/aromatic N) is 2. The molecule has 1 aromatic carbocycles. The van der Waals surface area contributed by atoms with Gasteiger partial charge in [0.2, 0.25) is 0 Å². The molecule has 3 aromatic rings. The number of H-pyrrole nitrogens is 1. The highest BCUT2D eigenvalue weighted by Gasteiger charge is 2.23. The standard InChI is InChI=1S/C19H20N4O2/c24-19(25)17-15(7-6-13-4-2-1-3-5-13)16-18(22-17)23(12-21-16)14-8-10-20-11-9-14/h1-7,12,14,20,22H,8-11H2,(H,24,25)/b7-6+. The van der Waals surface area contributed by atoms with E-state index >= 15 is 0 Å². The van der Waals surface area contributed by atoms with Crippen LogP contribution in [0.2, 0.25) is 0 Å². The Morgan fingerprint density at radius 2 is 1.96 bits per heavy atom. The third kappa shape index (κ3) is 2.96. The summed E-state index contributed by atoms with van der Waals surface area (Å²) in [5.74, 6) is -0.970. The molecule has 1 aliphatic rings. The number of rotatable bonds is 4. The Kier molecular flexibility index (Phi) is 4.11. The fourth-order valence-electron chi connectivity index (χ4n) is 3.42. The molecule has 0 spiro atoms. The summed E-state index contributed by atoms with van der Waals surface area (Å²) >= 11 is 0. The van der Waals surface area contributed by atoms with E-state index in [0.29, 0.717) is 17.1 Å². The average Bonchev–Trinajstić information content (AvgIpc) is 3.21. The number of carboxylic acid groups (broad SMARTS) is 1. The van der Waals surface area contributed by atoms with E-state index in [4.69, 9.17) is 0 Å². The second kappa shape index (κ2) is 6.57. The summed E-state index contributed by atoms with van der Waals surface area (Å²) in [6.07, 6.45) is 7.60. The summed E-state index contributed by atoms with van der Waals surface area (Å²) in [6, 6.07) is 10.2. The second-order valence-electron chi connectivity index (χ2n) is 6.29. The van der Waals surface area contributed by atoms with Crippen molar-refractivity contribution in [1.29, 1.82) is 0 Å². The molecule has 4 rings (SSSR count). The predicted molar refractivity (Wildman–Crippen MR) is 97.6 cm³/mol. The molecule has 0 aliphatic carbocycles. The highest BCUT2D eigenvalue weighted by atomic mass is 16.4. The zero-order valence-corrected chi connectivity index (χ0v) is 13.8. The maximum atomic E-state index is 11.7. The molecule has 0 radical (unpaired) electrons. The fourth-order valence-corrected chi connectivity index (χ4v) is 3.42. The molecule has 1 saturated heterocycles. The molecule has 0 amide bonds. The van der Waals surface area contributed by atoms with Crippen molar-refractivity contribution >= 4 is 29.3 Å². The van der Waals surface area contributed by atoms with E-state index in [1.54, 1.807) is 0 Å². The van der Waals surface area contributed by atoms with Gasteiger partial charge in [-0.2, -0.15) is 0 Å². The fraction of sp³-hybridized carbons (Fsp3) is 0.263. The lowest BCUT2D eigenvalue weighted by Crippen LogP contribution is -2.29. The summed E-state index contributed by atoms with van der Waals surface area (Å²) in [6.45, 7) is 1.94. The molecule has 0 bridgehead atoms. The first kappa shape index (κ1) is 15.7. The van der Waals surface area contributed by atoms with Crippen molar-refractivity contribution in [3.63, 3.8) is 0 Å². The zero-order valence-electron chi connectivity index (χ0n) is 13.8. The lowest BCUT2D eigenvalue weighted by molar-refractivity contribution is 0.0691. The van der Waals surface area contributed by atoms with Crippen LogP contribution in [-0.4, -0.2) is 38.7 Å². The smallest absolute Gasteiger partial charge is 0.353 e. The van der Waals surface area contributed by atoms with Gasteiger partial charge in [0.15, 0.2) is 0 Å². The van der Waals surface area contributed by atoms with Crippen LogP contribution in [0.3, 0.4) is 0 Å².